The number of ether oxygens (including phenoxy) is 3. The highest BCUT2D eigenvalue weighted by molar-refractivity contribution is 6.74. The third kappa shape index (κ3) is 5.76. The summed E-state index contributed by atoms with van der Waals surface area (Å²) in [5, 5.41) is -0.102. The van der Waals surface area contributed by atoms with Gasteiger partial charge in [-0.1, -0.05) is 69.3 Å². The molecule has 1 N–H and O–H groups in total. The van der Waals surface area contributed by atoms with Gasteiger partial charge in [-0.05, 0) is 40.4 Å². The number of aldehydes is 1. The van der Waals surface area contributed by atoms with Gasteiger partial charge in [-0.25, -0.2) is 9.59 Å². The summed E-state index contributed by atoms with van der Waals surface area (Å²) in [5.74, 6) is -0.146. The SMILES string of the molecule is CC(C)(C)[Si](C)(C)O[C@H]1C[C@H](n2c(COC(=O)OCC3c4ccccc4-c4ccccc43)cc(=O)[nH]c2=O)O[C@@H]1C=O. The molecule has 1 fully saturated rings. The fourth-order valence-corrected chi connectivity index (χ4v) is 6.70. The standard InChI is InChI=1S/C31H36N2O8Si/c1-31(2,3)42(4,5)41-25-15-28(40-26(25)16-34)33-19(14-27(35)32-29(33)36)17-38-30(37)39-18-24-22-12-8-6-10-20(22)21-11-7-9-13-23(21)24/h6-14,16,24-26,28H,15,17-18H2,1-5H3,(H,32,35,36)/t25-,26+,28+/m0/s1. The number of carbonyl (C=O) groups is 2. The lowest BCUT2D eigenvalue weighted by Gasteiger charge is -2.38. The van der Waals surface area contributed by atoms with Crippen LogP contribution in [0.3, 0.4) is 0 Å². The van der Waals surface area contributed by atoms with Gasteiger partial charge in [0.05, 0.1) is 11.8 Å². The van der Waals surface area contributed by atoms with Crippen LogP contribution in [0.1, 0.15) is 56.2 Å². The molecule has 3 aromatic rings. The van der Waals surface area contributed by atoms with Gasteiger partial charge in [0.25, 0.3) is 5.56 Å². The molecule has 1 aromatic heterocycles. The van der Waals surface area contributed by atoms with Crippen LogP contribution in [0.25, 0.3) is 11.1 Å². The number of nitrogens with zero attached hydrogens (tertiary/aromatic N) is 1. The molecule has 1 saturated heterocycles. The summed E-state index contributed by atoms with van der Waals surface area (Å²) >= 11 is 0. The van der Waals surface area contributed by atoms with Crippen molar-refractivity contribution in [1.82, 2.24) is 9.55 Å². The average Bonchev–Trinajstić information content (AvgIpc) is 3.47. The van der Waals surface area contributed by atoms with Crippen molar-refractivity contribution < 1.29 is 28.2 Å². The van der Waals surface area contributed by atoms with Gasteiger partial charge in [-0.3, -0.25) is 14.3 Å². The molecule has 1 aliphatic heterocycles. The molecule has 222 valence electrons. The van der Waals surface area contributed by atoms with Crippen LogP contribution >= 0.6 is 0 Å². The molecular weight excluding hydrogens is 556 g/mol. The molecule has 11 heteroatoms. The monoisotopic (exact) mass is 592 g/mol. The molecule has 1 aliphatic carbocycles. The Kier molecular flexibility index (Phi) is 8.10. The van der Waals surface area contributed by atoms with E-state index in [1.807, 2.05) is 48.5 Å². The minimum atomic E-state index is -2.26. The first-order valence-corrected chi connectivity index (χ1v) is 16.9. The van der Waals surface area contributed by atoms with Crippen molar-refractivity contribution >= 4 is 20.8 Å². The van der Waals surface area contributed by atoms with Crippen LogP contribution in [-0.4, -0.2) is 49.1 Å². The molecule has 2 aliphatic rings. The van der Waals surface area contributed by atoms with Crippen molar-refractivity contribution in [3.63, 3.8) is 0 Å². The van der Waals surface area contributed by atoms with Crippen molar-refractivity contribution in [1.29, 1.82) is 0 Å². The summed E-state index contributed by atoms with van der Waals surface area (Å²) in [5.41, 5.74) is 3.05. The molecule has 3 atom stereocenters. The maximum atomic E-state index is 12.9. The van der Waals surface area contributed by atoms with Crippen LogP contribution in [0.5, 0.6) is 0 Å². The molecule has 0 spiro atoms. The predicted molar refractivity (Wildman–Crippen MR) is 158 cm³/mol. The first-order chi connectivity index (χ1) is 19.9. The Morgan fingerprint density at radius 2 is 1.67 bits per heavy atom. The molecule has 0 radical (unpaired) electrons. The van der Waals surface area contributed by atoms with Crippen molar-refractivity contribution in [2.24, 2.45) is 0 Å². The van der Waals surface area contributed by atoms with E-state index in [-0.39, 0.29) is 29.7 Å². The highest BCUT2D eigenvalue weighted by atomic mass is 28.4. The van der Waals surface area contributed by atoms with Crippen LogP contribution in [-0.2, 0) is 30.0 Å². The predicted octanol–water partition coefficient (Wildman–Crippen LogP) is 4.88. The van der Waals surface area contributed by atoms with E-state index < -0.39 is 50.8 Å². The minimum absolute atomic E-state index is 0.0637. The molecule has 5 rings (SSSR count). The number of hydrogen-bond donors (Lipinski definition) is 1. The van der Waals surface area contributed by atoms with E-state index in [0.29, 0.717) is 6.29 Å². The fourth-order valence-electron chi connectivity index (χ4n) is 5.36. The Balaban J connectivity index is 1.29. The topological polar surface area (TPSA) is 126 Å². The van der Waals surface area contributed by atoms with Crippen LogP contribution < -0.4 is 11.2 Å². The normalized spacial score (nSPS) is 20.2. The zero-order valence-corrected chi connectivity index (χ0v) is 25.4. The molecule has 10 nitrogen and oxygen atoms in total. The van der Waals surface area contributed by atoms with E-state index in [4.69, 9.17) is 18.6 Å². The quantitative estimate of drug-likeness (QED) is 0.223. The second-order valence-electron chi connectivity index (χ2n) is 12.2. The molecule has 0 saturated carbocycles. The molecule has 2 heterocycles. The maximum Gasteiger partial charge on any atom is 0.508 e. The number of carbonyl (C=O) groups excluding carboxylic acids is 2. The van der Waals surface area contributed by atoms with Crippen LogP contribution in [0, 0.1) is 0 Å². The van der Waals surface area contributed by atoms with E-state index in [2.05, 4.69) is 38.8 Å². The number of rotatable bonds is 8. The smallest absolute Gasteiger partial charge is 0.433 e. The minimum Gasteiger partial charge on any atom is -0.433 e. The van der Waals surface area contributed by atoms with E-state index in [0.717, 1.165) is 22.3 Å². The largest absolute Gasteiger partial charge is 0.508 e. The second-order valence-corrected chi connectivity index (χ2v) is 17.0. The Morgan fingerprint density at radius 1 is 1.05 bits per heavy atom. The lowest BCUT2D eigenvalue weighted by atomic mass is 9.98. The van der Waals surface area contributed by atoms with E-state index >= 15 is 0 Å². The molecule has 0 bridgehead atoms. The molecule has 2 aromatic carbocycles. The van der Waals surface area contributed by atoms with Gasteiger partial charge in [-0.15, -0.1) is 0 Å². The van der Waals surface area contributed by atoms with Crippen molar-refractivity contribution in [3.05, 3.63) is 92.3 Å². The first-order valence-electron chi connectivity index (χ1n) is 14.0. The summed E-state index contributed by atoms with van der Waals surface area (Å²) < 4.78 is 24.4. The zero-order valence-electron chi connectivity index (χ0n) is 24.4. The van der Waals surface area contributed by atoms with Crippen LogP contribution in [0.4, 0.5) is 4.79 Å². The number of aromatic amines is 1. The molecule has 0 amide bonds. The highest BCUT2D eigenvalue weighted by Gasteiger charge is 2.45. The number of H-pyrrole nitrogens is 1. The maximum absolute atomic E-state index is 12.9. The van der Waals surface area contributed by atoms with Gasteiger partial charge in [0, 0.05) is 18.4 Å². The fraction of sp³-hybridized carbons (Fsp3) is 0.419. The van der Waals surface area contributed by atoms with Gasteiger partial charge in [0.1, 0.15) is 25.5 Å². The third-order valence-corrected chi connectivity index (χ3v) is 13.0. The van der Waals surface area contributed by atoms with Gasteiger partial charge in [-0.2, -0.15) is 0 Å². The number of benzene rings is 2. The second kappa shape index (κ2) is 11.5. The number of hydrogen-bond acceptors (Lipinski definition) is 8. The van der Waals surface area contributed by atoms with Crippen molar-refractivity contribution in [2.45, 2.75) is 76.3 Å². The number of fused-ring (bicyclic) bond motifs is 3. The van der Waals surface area contributed by atoms with E-state index in [1.54, 1.807) is 0 Å². The van der Waals surface area contributed by atoms with Gasteiger partial charge >= 0.3 is 11.8 Å². The summed E-state index contributed by atoms with van der Waals surface area (Å²) in [6.07, 6.45) is -2.42. The van der Waals surface area contributed by atoms with Gasteiger partial charge < -0.3 is 23.4 Å². The summed E-state index contributed by atoms with van der Waals surface area (Å²) in [4.78, 5) is 51.9. The van der Waals surface area contributed by atoms with Crippen molar-refractivity contribution in [2.75, 3.05) is 6.61 Å². The number of aromatic nitrogens is 2. The van der Waals surface area contributed by atoms with Gasteiger partial charge in [0.2, 0.25) is 0 Å². The summed E-state index contributed by atoms with van der Waals surface area (Å²) in [6.45, 7) is 10.1. The zero-order chi connectivity index (χ0) is 30.2. The van der Waals surface area contributed by atoms with E-state index in [9.17, 15) is 19.2 Å². The summed E-state index contributed by atoms with van der Waals surface area (Å²) in [7, 11) is -2.26. The average molecular weight is 593 g/mol. The lowest BCUT2D eigenvalue weighted by molar-refractivity contribution is -0.122. The molecule has 42 heavy (non-hydrogen) atoms. The van der Waals surface area contributed by atoms with Crippen LogP contribution in [0.15, 0.2) is 64.2 Å². The molecular formula is C31H36N2O8Si. The Labute approximate surface area is 244 Å². The summed E-state index contributed by atoms with van der Waals surface area (Å²) in [6, 6.07) is 17.1. The Bertz CT molecular complexity index is 1560. The highest BCUT2D eigenvalue weighted by Crippen LogP contribution is 2.44. The molecule has 0 unspecified atom stereocenters. The van der Waals surface area contributed by atoms with Gasteiger partial charge in [0.15, 0.2) is 14.6 Å². The van der Waals surface area contributed by atoms with Crippen molar-refractivity contribution in [3.8, 4) is 11.1 Å². The third-order valence-electron chi connectivity index (χ3n) is 8.51. The first kappa shape index (κ1) is 29.7. The van der Waals surface area contributed by atoms with E-state index in [1.165, 1.54) is 10.6 Å². The lowest BCUT2D eigenvalue weighted by Crippen LogP contribution is -2.46. The van der Waals surface area contributed by atoms with Crippen LogP contribution in [0.2, 0.25) is 18.1 Å². The Hall–Kier alpha value is -3.80. The number of nitrogens with one attached hydrogen (secondary N) is 1. The Morgan fingerprint density at radius 3 is 2.26 bits per heavy atom.